The quantitative estimate of drug-likeness (QED) is 0.207. The molecule has 0 spiro atoms. The molecule has 14 heteroatoms. The summed E-state index contributed by atoms with van der Waals surface area (Å²) in [6, 6.07) is 3.56. The summed E-state index contributed by atoms with van der Waals surface area (Å²) in [7, 11) is 3.68. The van der Waals surface area contributed by atoms with E-state index in [1.165, 1.54) is 26.4 Å². The molecule has 4 rings (SSSR count). The number of fused-ring (bicyclic) bond motifs is 1. The largest absolute Gasteiger partial charge is 0.504 e. The number of phenolic OH excluding ortho intramolecular Hbond substituents is 3. The Hall–Kier alpha value is -3.95. The van der Waals surface area contributed by atoms with E-state index >= 15 is 0 Å². The Morgan fingerprint density at radius 3 is 2.03 bits per heavy atom. The van der Waals surface area contributed by atoms with Gasteiger partial charge in [-0.2, -0.15) is 0 Å². The van der Waals surface area contributed by atoms with Crippen LogP contribution in [0.25, 0.3) is 22.3 Å². The van der Waals surface area contributed by atoms with Crippen molar-refractivity contribution in [2.75, 3.05) is 27.9 Å². The second kappa shape index (κ2) is 10.4. The lowest BCUT2D eigenvalue weighted by atomic mass is 9.99. The van der Waals surface area contributed by atoms with Gasteiger partial charge in [0.1, 0.15) is 35.4 Å². The highest BCUT2D eigenvalue weighted by Crippen LogP contribution is 2.46. The smallest absolute Gasteiger partial charge is 0.239 e. The van der Waals surface area contributed by atoms with Crippen LogP contribution in [-0.2, 0) is 4.74 Å². The molecule has 1 saturated heterocycles. The summed E-state index contributed by atoms with van der Waals surface area (Å²) in [5.41, 5.74) is -1.27. The Morgan fingerprint density at radius 1 is 0.842 bits per heavy atom. The maximum Gasteiger partial charge on any atom is 0.239 e. The van der Waals surface area contributed by atoms with Gasteiger partial charge in [0, 0.05) is 11.6 Å². The van der Waals surface area contributed by atoms with Gasteiger partial charge in [0.15, 0.2) is 28.8 Å². The molecular weight excluding hydrogens is 512 g/mol. The molecule has 1 fully saturated rings. The SMILES string of the molecule is COc1cc(-c2oc3cc(O)c(OC)c(O)c3c(=O)c2O[C@@H]2O[C@H](CO)[C@H](O)[C@H](O)[C@@H]2O)cc(OC)c1O. The fourth-order valence-corrected chi connectivity index (χ4v) is 4.09. The van der Waals surface area contributed by atoms with Crippen molar-refractivity contribution in [3.8, 4) is 51.6 Å². The van der Waals surface area contributed by atoms with Crippen molar-refractivity contribution >= 4 is 11.0 Å². The number of aromatic hydroxyl groups is 3. The van der Waals surface area contributed by atoms with E-state index in [9.17, 15) is 40.5 Å². The maximum absolute atomic E-state index is 13.7. The molecule has 1 aromatic heterocycles. The molecule has 0 bridgehead atoms. The highest BCUT2D eigenvalue weighted by atomic mass is 16.7. The molecule has 38 heavy (non-hydrogen) atoms. The van der Waals surface area contributed by atoms with Gasteiger partial charge in [-0.3, -0.25) is 4.79 Å². The molecular formula is C24H26O14. The van der Waals surface area contributed by atoms with Crippen LogP contribution in [0.1, 0.15) is 0 Å². The number of ether oxygens (including phenoxy) is 5. The molecule has 0 aliphatic carbocycles. The van der Waals surface area contributed by atoms with Gasteiger partial charge in [-0.15, -0.1) is 0 Å². The molecule has 2 aromatic carbocycles. The summed E-state index contributed by atoms with van der Waals surface area (Å²) in [5, 5.41) is 70.9. The van der Waals surface area contributed by atoms with E-state index in [4.69, 9.17) is 28.1 Å². The molecule has 1 aliphatic heterocycles. The Morgan fingerprint density at radius 2 is 1.47 bits per heavy atom. The Balaban J connectivity index is 2.00. The third kappa shape index (κ3) is 4.37. The van der Waals surface area contributed by atoms with Crippen molar-refractivity contribution in [2.24, 2.45) is 0 Å². The van der Waals surface area contributed by atoms with Crippen molar-refractivity contribution in [3.63, 3.8) is 0 Å². The molecule has 0 unspecified atom stereocenters. The number of phenols is 3. The molecule has 5 atom stereocenters. The predicted octanol–water partition coefficient (Wildman–Crippen LogP) is -0.219. The number of benzene rings is 2. The van der Waals surface area contributed by atoms with Crippen LogP contribution in [-0.4, -0.2) is 94.4 Å². The average Bonchev–Trinajstić information content (AvgIpc) is 2.90. The molecule has 1 aliphatic rings. The Bertz CT molecular complexity index is 1370. The summed E-state index contributed by atoms with van der Waals surface area (Å²) in [6.45, 7) is -0.756. The fourth-order valence-electron chi connectivity index (χ4n) is 4.09. The van der Waals surface area contributed by atoms with Crippen LogP contribution in [0, 0.1) is 0 Å². The van der Waals surface area contributed by atoms with E-state index in [2.05, 4.69) is 0 Å². The fraction of sp³-hybridized carbons (Fsp3) is 0.375. The molecule has 2 heterocycles. The van der Waals surface area contributed by atoms with E-state index in [1.54, 1.807) is 0 Å². The van der Waals surface area contributed by atoms with E-state index < -0.39 is 71.1 Å². The maximum atomic E-state index is 13.7. The Labute approximate surface area is 214 Å². The van der Waals surface area contributed by atoms with Gasteiger partial charge < -0.3 is 63.8 Å². The summed E-state index contributed by atoms with van der Waals surface area (Å²) < 4.78 is 32.1. The number of rotatable bonds is 7. The zero-order valence-electron chi connectivity index (χ0n) is 20.3. The zero-order chi connectivity index (χ0) is 27.9. The minimum absolute atomic E-state index is 0.0462. The van der Waals surface area contributed by atoms with Crippen LogP contribution in [0.2, 0.25) is 0 Å². The van der Waals surface area contributed by atoms with Crippen molar-refractivity contribution in [1.29, 1.82) is 0 Å². The number of hydrogen-bond acceptors (Lipinski definition) is 14. The first-order chi connectivity index (χ1) is 18.1. The van der Waals surface area contributed by atoms with E-state index in [1.807, 2.05) is 0 Å². The van der Waals surface area contributed by atoms with Gasteiger partial charge in [0.2, 0.25) is 29.0 Å². The first kappa shape index (κ1) is 27.1. The van der Waals surface area contributed by atoms with Crippen molar-refractivity contribution < 1.29 is 63.8 Å². The lowest BCUT2D eigenvalue weighted by molar-refractivity contribution is -0.277. The third-order valence-corrected chi connectivity index (χ3v) is 6.08. The second-order valence-corrected chi connectivity index (χ2v) is 8.28. The summed E-state index contributed by atoms with van der Waals surface area (Å²) >= 11 is 0. The van der Waals surface area contributed by atoms with Crippen molar-refractivity contribution in [1.82, 2.24) is 0 Å². The summed E-state index contributed by atoms with van der Waals surface area (Å²) in [5.74, 6) is -3.28. The topological polar surface area (TPSA) is 218 Å². The highest BCUT2D eigenvalue weighted by Gasteiger charge is 2.45. The van der Waals surface area contributed by atoms with Crippen LogP contribution in [0.3, 0.4) is 0 Å². The van der Waals surface area contributed by atoms with Crippen LogP contribution >= 0.6 is 0 Å². The molecule has 0 radical (unpaired) electrons. The van der Waals surface area contributed by atoms with Crippen molar-refractivity contribution in [2.45, 2.75) is 30.7 Å². The number of aliphatic hydroxyl groups excluding tert-OH is 4. The van der Waals surface area contributed by atoms with Gasteiger partial charge in [-0.25, -0.2) is 0 Å². The van der Waals surface area contributed by atoms with Crippen LogP contribution in [0.15, 0.2) is 27.4 Å². The van der Waals surface area contributed by atoms with E-state index in [0.717, 1.165) is 13.2 Å². The van der Waals surface area contributed by atoms with Crippen LogP contribution in [0.4, 0.5) is 0 Å². The lowest BCUT2D eigenvalue weighted by Crippen LogP contribution is -2.60. The van der Waals surface area contributed by atoms with Gasteiger partial charge in [0.25, 0.3) is 0 Å². The molecule has 0 amide bonds. The average molecular weight is 538 g/mol. The van der Waals surface area contributed by atoms with Crippen LogP contribution in [0.5, 0.6) is 40.2 Å². The monoisotopic (exact) mass is 538 g/mol. The molecule has 3 aromatic rings. The second-order valence-electron chi connectivity index (χ2n) is 8.28. The number of aliphatic hydroxyl groups is 4. The molecule has 7 N–H and O–H groups in total. The Kier molecular flexibility index (Phi) is 7.44. The van der Waals surface area contributed by atoms with Crippen LogP contribution < -0.4 is 24.4 Å². The molecule has 14 nitrogen and oxygen atoms in total. The van der Waals surface area contributed by atoms with Gasteiger partial charge >= 0.3 is 0 Å². The predicted molar refractivity (Wildman–Crippen MR) is 127 cm³/mol. The lowest BCUT2D eigenvalue weighted by Gasteiger charge is -2.39. The number of hydrogen-bond donors (Lipinski definition) is 7. The summed E-state index contributed by atoms with van der Waals surface area (Å²) in [6.07, 6.45) is -8.55. The number of methoxy groups -OCH3 is 3. The molecule has 0 saturated carbocycles. The minimum Gasteiger partial charge on any atom is -0.504 e. The van der Waals surface area contributed by atoms with Gasteiger partial charge in [0.05, 0.1) is 27.9 Å². The highest BCUT2D eigenvalue weighted by molar-refractivity contribution is 5.91. The van der Waals surface area contributed by atoms with E-state index in [-0.39, 0.29) is 34.2 Å². The normalized spacial score (nSPS) is 23.3. The summed E-state index contributed by atoms with van der Waals surface area (Å²) in [4.78, 5) is 13.7. The third-order valence-electron chi connectivity index (χ3n) is 6.08. The zero-order valence-corrected chi connectivity index (χ0v) is 20.3. The minimum atomic E-state index is -1.89. The van der Waals surface area contributed by atoms with Crippen molar-refractivity contribution in [3.05, 3.63) is 28.4 Å². The van der Waals surface area contributed by atoms with Gasteiger partial charge in [-0.05, 0) is 12.1 Å². The first-order valence-corrected chi connectivity index (χ1v) is 11.1. The standard InChI is InChI=1S/C24H26O14/c1-33-11-4-8(5-12(34-2)15(11)27)21-23(38-24-20(32)19(31)16(28)13(7-25)37-24)18(30)14-10(36-21)6-9(26)22(35-3)17(14)29/h4-6,13,16,19-20,24-29,31-32H,7H2,1-3H3/t13-,16+,19+,20+,24+/m1/s1. The van der Waals surface area contributed by atoms with E-state index in [0.29, 0.717) is 0 Å². The molecule has 206 valence electrons. The first-order valence-electron chi connectivity index (χ1n) is 11.1. The van der Waals surface area contributed by atoms with Gasteiger partial charge in [-0.1, -0.05) is 0 Å².